The molecule has 0 radical (unpaired) electrons. The normalized spacial score (nSPS) is 15.4. The summed E-state index contributed by atoms with van der Waals surface area (Å²) in [5.74, 6) is 1.36. The summed E-state index contributed by atoms with van der Waals surface area (Å²) in [7, 11) is 0. The average molecular weight is 342 g/mol. The van der Waals surface area contributed by atoms with Crippen LogP contribution < -0.4 is 0 Å². The number of unbranched alkanes of at least 4 members (excludes halogenated alkanes) is 7. The maximum absolute atomic E-state index is 12.1. The van der Waals surface area contributed by atoms with Gasteiger partial charge in [0.1, 0.15) is 0 Å². The van der Waals surface area contributed by atoms with Crippen LogP contribution in [-0.4, -0.2) is 34.8 Å². The molecule has 1 aliphatic rings. The molecular weight excluding hydrogens is 306 g/mol. The molecule has 0 aromatic rings. The third-order valence-electron chi connectivity index (χ3n) is 4.55. The van der Waals surface area contributed by atoms with Crippen LogP contribution in [-0.2, 0) is 9.59 Å². The van der Waals surface area contributed by atoms with Crippen LogP contribution in [0.4, 0.5) is 0 Å². The third-order valence-corrected chi connectivity index (χ3v) is 5.45. The highest BCUT2D eigenvalue weighted by atomic mass is 32.2. The summed E-state index contributed by atoms with van der Waals surface area (Å²) in [6, 6.07) is 0. The van der Waals surface area contributed by atoms with Crippen LogP contribution in [0.2, 0.25) is 0 Å². The van der Waals surface area contributed by atoms with Gasteiger partial charge in [-0.25, -0.2) is 0 Å². The fourth-order valence-electron chi connectivity index (χ4n) is 3.13. The van der Waals surface area contributed by atoms with Crippen LogP contribution in [0, 0.1) is 0 Å². The molecule has 1 heterocycles. The summed E-state index contributed by atoms with van der Waals surface area (Å²) < 4.78 is 0. The van der Waals surface area contributed by atoms with Crippen molar-refractivity contribution in [3.8, 4) is 0 Å². The number of rotatable bonds is 11. The van der Waals surface area contributed by atoms with Crippen molar-refractivity contribution in [1.82, 2.24) is 4.90 Å². The van der Waals surface area contributed by atoms with E-state index in [2.05, 4.69) is 4.90 Å². The Hall–Kier alpha value is -0.510. The quantitative estimate of drug-likeness (QED) is 0.486. The summed E-state index contributed by atoms with van der Waals surface area (Å²) in [4.78, 5) is 25.0. The molecule has 0 aromatic carbocycles. The van der Waals surface area contributed by atoms with E-state index in [4.69, 9.17) is 0 Å². The number of likely N-dealkylation sites (tertiary alicyclic amines) is 1. The Bertz CT molecular complexity index is 325. The zero-order valence-electron chi connectivity index (χ0n) is 15.0. The molecule has 1 fully saturated rings. The van der Waals surface area contributed by atoms with Gasteiger partial charge in [0.2, 0.25) is 5.91 Å². The van der Waals surface area contributed by atoms with Gasteiger partial charge in [0.05, 0.1) is 0 Å². The van der Waals surface area contributed by atoms with E-state index in [9.17, 15) is 9.59 Å². The van der Waals surface area contributed by atoms with Crippen molar-refractivity contribution >= 4 is 22.8 Å². The molecule has 4 heteroatoms. The predicted molar refractivity (Wildman–Crippen MR) is 99.7 cm³/mol. The molecule has 1 saturated heterocycles. The van der Waals surface area contributed by atoms with E-state index in [1.807, 2.05) is 0 Å². The molecule has 134 valence electrons. The maximum Gasteiger partial charge on any atom is 0.222 e. The Morgan fingerprint density at radius 2 is 1.30 bits per heavy atom. The summed E-state index contributed by atoms with van der Waals surface area (Å²) in [6.07, 6.45) is 15.5. The topological polar surface area (TPSA) is 37.4 Å². The molecule has 1 rings (SSSR count). The Kier molecular flexibility index (Phi) is 12.4. The summed E-state index contributed by atoms with van der Waals surface area (Å²) >= 11 is 1.45. The number of thioether (sulfide) groups is 1. The molecule has 0 aliphatic carbocycles. The van der Waals surface area contributed by atoms with Crippen LogP contribution >= 0.6 is 11.8 Å². The van der Waals surface area contributed by atoms with Crippen LogP contribution in [0.1, 0.15) is 90.4 Å². The first kappa shape index (κ1) is 20.5. The van der Waals surface area contributed by atoms with Crippen molar-refractivity contribution in [3.63, 3.8) is 0 Å². The van der Waals surface area contributed by atoms with Crippen molar-refractivity contribution < 1.29 is 9.59 Å². The van der Waals surface area contributed by atoms with E-state index in [0.717, 1.165) is 38.1 Å². The van der Waals surface area contributed by atoms with Crippen LogP contribution in [0.15, 0.2) is 0 Å². The van der Waals surface area contributed by atoms with E-state index in [1.54, 1.807) is 6.92 Å². The predicted octanol–water partition coefficient (Wildman–Crippen LogP) is 5.18. The minimum absolute atomic E-state index is 0.236. The van der Waals surface area contributed by atoms with Gasteiger partial charge in [0, 0.05) is 32.2 Å². The standard InChI is InChI=1S/C19H35NO2S/c1-18(21)23-17-13-9-5-3-2-4-6-10-14-19(22)20-15-11-7-8-12-16-20/h2-17H2,1H3. The number of amides is 1. The van der Waals surface area contributed by atoms with Crippen molar-refractivity contribution in [2.24, 2.45) is 0 Å². The summed E-state index contributed by atoms with van der Waals surface area (Å²) in [5.41, 5.74) is 0. The number of hydrogen-bond acceptors (Lipinski definition) is 3. The minimum Gasteiger partial charge on any atom is -0.343 e. The fourth-order valence-corrected chi connectivity index (χ4v) is 3.77. The van der Waals surface area contributed by atoms with Gasteiger partial charge in [-0.05, 0) is 25.7 Å². The van der Waals surface area contributed by atoms with E-state index < -0.39 is 0 Å². The summed E-state index contributed by atoms with van der Waals surface area (Å²) in [6.45, 7) is 3.61. The zero-order chi connectivity index (χ0) is 16.8. The minimum atomic E-state index is 0.236. The van der Waals surface area contributed by atoms with Gasteiger partial charge in [0.15, 0.2) is 5.12 Å². The van der Waals surface area contributed by atoms with Gasteiger partial charge >= 0.3 is 0 Å². The molecule has 0 spiro atoms. The smallest absolute Gasteiger partial charge is 0.222 e. The number of carbonyl (C=O) groups excluding carboxylic acids is 2. The SMILES string of the molecule is CC(=O)SCCCCCCCCCCC(=O)N1CCCCCC1. The molecule has 0 saturated carbocycles. The highest BCUT2D eigenvalue weighted by Gasteiger charge is 2.14. The molecule has 0 N–H and O–H groups in total. The molecular formula is C19H35NO2S. The van der Waals surface area contributed by atoms with Crippen molar-refractivity contribution in [2.45, 2.75) is 90.4 Å². The monoisotopic (exact) mass is 341 g/mol. The second kappa shape index (κ2) is 13.9. The summed E-state index contributed by atoms with van der Waals surface area (Å²) in [5, 5.41) is 0.236. The van der Waals surface area contributed by atoms with Crippen molar-refractivity contribution in [3.05, 3.63) is 0 Å². The largest absolute Gasteiger partial charge is 0.343 e. The lowest BCUT2D eigenvalue weighted by molar-refractivity contribution is -0.131. The lowest BCUT2D eigenvalue weighted by Crippen LogP contribution is -2.31. The maximum atomic E-state index is 12.1. The van der Waals surface area contributed by atoms with Crippen molar-refractivity contribution in [2.75, 3.05) is 18.8 Å². The Labute approximate surface area is 147 Å². The second-order valence-electron chi connectivity index (χ2n) is 6.71. The third kappa shape index (κ3) is 11.6. The molecule has 0 bridgehead atoms. The van der Waals surface area contributed by atoms with Crippen LogP contribution in [0.25, 0.3) is 0 Å². The van der Waals surface area contributed by atoms with E-state index in [0.29, 0.717) is 5.91 Å². The molecule has 0 aromatic heterocycles. The van der Waals surface area contributed by atoms with E-state index >= 15 is 0 Å². The van der Waals surface area contributed by atoms with E-state index in [-0.39, 0.29) is 5.12 Å². The zero-order valence-corrected chi connectivity index (χ0v) is 15.8. The Balaban J connectivity index is 1.85. The highest BCUT2D eigenvalue weighted by Crippen LogP contribution is 2.14. The first-order valence-corrected chi connectivity index (χ1v) is 10.6. The van der Waals surface area contributed by atoms with Crippen LogP contribution in [0.5, 0.6) is 0 Å². The average Bonchev–Trinajstić information content (AvgIpc) is 2.81. The van der Waals surface area contributed by atoms with Gasteiger partial charge in [-0.2, -0.15) is 0 Å². The first-order chi connectivity index (χ1) is 11.2. The number of hydrogen-bond donors (Lipinski definition) is 0. The van der Waals surface area contributed by atoms with Gasteiger partial charge in [0.25, 0.3) is 0 Å². The molecule has 0 unspecified atom stereocenters. The fraction of sp³-hybridized carbons (Fsp3) is 0.895. The van der Waals surface area contributed by atoms with E-state index in [1.165, 1.54) is 76.0 Å². The molecule has 23 heavy (non-hydrogen) atoms. The molecule has 0 atom stereocenters. The number of carbonyl (C=O) groups is 2. The Morgan fingerprint density at radius 3 is 1.87 bits per heavy atom. The molecule has 3 nitrogen and oxygen atoms in total. The van der Waals surface area contributed by atoms with Gasteiger partial charge in [-0.3, -0.25) is 9.59 Å². The van der Waals surface area contributed by atoms with Gasteiger partial charge in [-0.15, -0.1) is 0 Å². The van der Waals surface area contributed by atoms with Gasteiger partial charge in [-0.1, -0.05) is 63.1 Å². The van der Waals surface area contributed by atoms with Gasteiger partial charge < -0.3 is 4.90 Å². The highest BCUT2D eigenvalue weighted by molar-refractivity contribution is 8.13. The second-order valence-corrected chi connectivity index (χ2v) is 7.99. The van der Waals surface area contributed by atoms with Crippen LogP contribution in [0.3, 0.4) is 0 Å². The first-order valence-electron chi connectivity index (χ1n) is 9.61. The number of nitrogens with zero attached hydrogens (tertiary/aromatic N) is 1. The molecule has 1 aliphatic heterocycles. The lowest BCUT2D eigenvalue weighted by Gasteiger charge is -2.20. The van der Waals surface area contributed by atoms with Crippen molar-refractivity contribution in [1.29, 1.82) is 0 Å². The Morgan fingerprint density at radius 1 is 0.783 bits per heavy atom. The molecule has 1 amide bonds. The lowest BCUT2D eigenvalue weighted by atomic mass is 10.1.